The van der Waals surface area contributed by atoms with Crippen molar-refractivity contribution in [2.24, 2.45) is 0 Å². The number of sulfonamides is 1. The van der Waals surface area contributed by atoms with E-state index < -0.39 is 15.6 Å². The number of benzene rings is 1. The molecular formula is C21H29N5O4S. The lowest BCUT2D eigenvalue weighted by Crippen LogP contribution is -2.33. The second-order valence-corrected chi connectivity index (χ2v) is 10.7. The van der Waals surface area contributed by atoms with Crippen LogP contribution in [-0.4, -0.2) is 36.9 Å². The zero-order chi connectivity index (χ0) is 22.4. The fourth-order valence-corrected chi connectivity index (χ4v) is 6.22. The molecule has 0 radical (unpaired) electrons. The van der Waals surface area contributed by atoms with Gasteiger partial charge in [0.25, 0.3) is 0 Å². The molecule has 2 atom stereocenters. The molecule has 4 N–H and O–H groups in total. The lowest BCUT2D eigenvalue weighted by Gasteiger charge is -2.21. The topological polar surface area (TPSA) is 125 Å². The Morgan fingerprint density at radius 3 is 2.81 bits per heavy atom. The van der Waals surface area contributed by atoms with Gasteiger partial charge in [0.2, 0.25) is 10.0 Å². The maximum Gasteiger partial charge on any atom is 0.407 e. The molecule has 1 fully saturated rings. The van der Waals surface area contributed by atoms with E-state index in [0.29, 0.717) is 17.1 Å². The van der Waals surface area contributed by atoms with Crippen molar-refractivity contribution in [1.29, 1.82) is 0 Å². The van der Waals surface area contributed by atoms with Crippen molar-refractivity contribution >= 4 is 27.6 Å². The summed E-state index contributed by atoms with van der Waals surface area (Å²) in [6.07, 6.45) is 1.96. The minimum atomic E-state index is -3.52. The van der Waals surface area contributed by atoms with E-state index in [1.165, 1.54) is 0 Å². The standard InChI is InChI=1S/C21H29N5O4S/c1-12(2)22-20(27)30-14-9-8-13(10-14)16-11-18(25-24-16)23-15-6-5-7-17-19(15)21(3,4)26-31(17,28)29/h5-7,11-14,26H,8-10H2,1-4H3,(H,22,27)(H2,23,24,25)/t13-,14+/m0/s1. The number of H-pyrrole nitrogens is 1. The van der Waals surface area contributed by atoms with Gasteiger partial charge in [-0.2, -0.15) is 5.10 Å². The molecule has 10 heteroatoms. The Morgan fingerprint density at radius 2 is 2.06 bits per heavy atom. The minimum absolute atomic E-state index is 0.0422. The second kappa shape index (κ2) is 7.83. The van der Waals surface area contributed by atoms with Gasteiger partial charge in [-0.25, -0.2) is 17.9 Å². The third-order valence-electron chi connectivity index (χ3n) is 5.70. The predicted octanol–water partition coefficient (Wildman–Crippen LogP) is 3.45. The fraction of sp³-hybridized carbons (Fsp3) is 0.524. The van der Waals surface area contributed by atoms with Crippen LogP contribution in [0.1, 0.15) is 64.1 Å². The first-order valence-corrected chi connectivity index (χ1v) is 12.0. The Labute approximate surface area is 182 Å². The molecule has 1 aromatic heterocycles. The number of hydrogen-bond acceptors (Lipinski definition) is 6. The van der Waals surface area contributed by atoms with Crippen LogP contribution < -0.4 is 15.4 Å². The summed E-state index contributed by atoms with van der Waals surface area (Å²) in [5.41, 5.74) is 1.65. The third kappa shape index (κ3) is 4.40. The highest BCUT2D eigenvalue weighted by molar-refractivity contribution is 7.89. The summed E-state index contributed by atoms with van der Waals surface area (Å²) in [5.74, 6) is 0.838. The van der Waals surface area contributed by atoms with E-state index in [9.17, 15) is 13.2 Å². The molecule has 9 nitrogen and oxygen atoms in total. The van der Waals surface area contributed by atoms with Crippen molar-refractivity contribution in [3.05, 3.63) is 35.5 Å². The molecule has 2 aliphatic rings. The molecule has 2 heterocycles. The van der Waals surface area contributed by atoms with E-state index in [1.54, 1.807) is 12.1 Å². The second-order valence-electron chi connectivity index (χ2n) is 9.08. The summed E-state index contributed by atoms with van der Waals surface area (Å²) in [4.78, 5) is 12.1. The lowest BCUT2D eigenvalue weighted by molar-refractivity contribution is 0.0981. The fourth-order valence-electron chi connectivity index (χ4n) is 4.44. The summed E-state index contributed by atoms with van der Waals surface area (Å²) < 4.78 is 33.0. The average molecular weight is 448 g/mol. The molecule has 1 aliphatic carbocycles. The number of nitrogens with zero attached hydrogens (tertiary/aromatic N) is 1. The average Bonchev–Trinajstić information content (AvgIpc) is 3.32. The van der Waals surface area contributed by atoms with Crippen molar-refractivity contribution in [3.63, 3.8) is 0 Å². The van der Waals surface area contributed by atoms with Crippen LogP contribution in [0.5, 0.6) is 0 Å². The molecule has 0 saturated heterocycles. The maximum absolute atomic E-state index is 12.4. The van der Waals surface area contributed by atoms with Gasteiger partial charge in [0.15, 0.2) is 5.82 Å². The SMILES string of the molecule is CC(C)NC(=O)O[C@@H]1CC[C@H](c2cc(Nc3cccc4c3C(C)(C)NS4(=O)=O)n[nH]2)C1. The Bertz CT molecular complexity index is 1090. The van der Waals surface area contributed by atoms with Crippen molar-refractivity contribution in [3.8, 4) is 0 Å². The van der Waals surface area contributed by atoms with E-state index in [-0.39, 0.29) is 29.1 Å². The van der Waals surface area contributed by atoms with E-state index in [1.807, 2.05) is 39.8 Å². The van der Waals surface area contributed by atoms with Gasteiger partial charge in [-0.1, -0.05) is 6.07 Å². The van der Waals surface area contributed by atoms with Crippen LogP contribution in [0.3, 0.4) is 0 Å². The number of carbonyl (C=O) groups excluding carboxylic acids is 1. The Hall–Kier alpha value is -2.59. The molecular weight excluding hydrogens is 418 g/mol. The number of amides is 1. The van der Waals surface area contributed by atoms with Crippen LogP contribution in [0.15, 0.2) is 29.2 Å². The van der Waals surface area contributed by atoms with Crippen LogP contribution in [0.2, 0.25) is 0 Å². The number of nitrogens with one attached hydrogen (secondary N) is 4. The summed E-state index contributed by atoms with van der Waals surface area (Å²) in [6, 6.07) is 7.16. The molecule has 1 amide bonds. The number of ether oxygens (including phenoxy) is 1. The minimum Gasteiger partial charge on any atom is -0.446 e. The maximum atomic E-state index is 12.4. The van der Waals surface area contributed by atoms with Crippen LogP contribution in [0, 0.1) is 0 Å². The lowest BCUT2D eigenvalue weighted by atomic mass is 9.94. The van der Waals surface area contributed by atoms with Crippen LogP contribution in [0.25, 0.3) is 0 Å². The van der Waals surface area contributed by atoms with Gasteiger partial charge in [-0.05, 0) is 59.1 Å². The van der Waals surface area contributed by atoms with Crippen molar-refractivity contribution in [2.75, 3.05) is 5.32 Å². The predicted molar refractivity (Wildman–Crippen MR) is 117 cm³/mol. The quantitative estimate of drug-likeness (QED) is 0.556. The summed E-state index contributed by atoms with van der Waals surface area (Å²) in [6.45, 7) is 7.47. The van der Waals surface area contributed by atoms with E-state index in [0.717, 1.165) is 25.0 Å². The van der Waals surface area contributed by atoms with Gasteiger partial charge in [-0.3, -0.25) is 5.10 Å². The molecule has 0 spiro atoms. The van der Waals surface area contributed by atoms with Crippen LogP contribution in [-0.2, 0) is 20.3 Å². The molecule has 1 saturated carbocycles. The number of fused-ring (bicyclic) bond motifs is 1. The number of anilines is 2. The highest BCUT2D eigenvalue weighted by Crippen LogP contribution is 2.41. The summed E-state index contributed by atoms with van der Waals surface area (Å²) in [5, 5.41) is 13.5. The molecule has 168 valence electrons. The van der Waals surface area contributed by atoms with E-state index in [2.05, 4.69) is 25.6 Å². The van der Waals surface area contributed by atoms with Gasteiger partial charge in [0.05, 0.1) is 10.4 Å². The van der Waals surface area contributed by atoms with E-state index in [4.69, 9.17) is 4.74 Å². The monoisotopic (exact) mass is 447 g/mol. The summed E-state index contributed by atoms with van der Waals surface area (Å²) in [7, 11) is -3.52. The normalized spacial score (nSPS) is 23.5. The molecule has 0 unspecified atom stereocenters. The zero-order valence-electron chi connectivity index (χ0n) is 18.2. The van der Waals surface area contributed by atoms with Gasteiger partial charge in [-0.15, -0.1) is 0 Å². The summed E-state index contributed by atoms with van der Waals surface area (Å²) >= 11 is 0. The molecule has 0 bridgehead atoms. The number of aromatic nitrogens is 2. The molecule has 1 aromatic carbocycles. The Morgan fingerprint density at radius 1 is 1.29 bits per heavy atom. The molecule has 1 aliphatic heterocycles. The zero-order valence-corrected chi connectivity index (χ0v) is 19.0. The Balaban J connectivity index is 1.46. The first-order valence-electron chi connectivity index (χ1n) is 10.5. The molecule has 4 rings (SSSR count). The van der Waals surface area contributed by atoms with Gasteiger partial charge >= 0.3 is 6.09 Å². The highest BCUT2D eigenvalue weighted by atomic mass is 32.2. The van der Waals surface area contributed by atoms with Crippen molar-refractivity contribution < 1.29 is 17.9 Å². The Kier molecular flexibility index (Phi) is 5.47. The van der Waals surface area contributed by atoms with Crippen molar-refractivity contribution in [2.45, 2.75) is 75.5 Å². The largest absolute Gasteiger partial charge is 0.446 e. The van der Waals surface area contributed by atoms with Gasteiger partial charge in [0.1, 0.15) is 6.10 Å². The van der Waals surface area contributed by atoms with Crippen LogP contribution >= 0.6 is 0 Å². The van der Waals surface area contributed by atoms with Gasteiger partial charge < -0.3 is 15.4 Å². The van der Waals surface area contributed by atoms with Crippen LogP contribution in [0.4, 0.5) is 16.3 Å². The first-order chi connectivity index (χ1) is 14.5. The number of hydrogen-bond donors (Lipinski definition) is 4. The number of rotatable bonds is 5. The molecule has 2 aromatic rings. The number of alkyl carbamates (subject to hydrolysis) is 1. The number of aromatic amines is 1. The first kappa shape index (κ1) is 21.6. The van der Waals surface area contributed by atoms with E-state index >= 15 is 0 Å². The third-order valence-corrected chi connectivity index (χ3v) is 7.39. The number of carbonyl (C=O) groups is 1. The van der Waals surface area contributed by atoms with Gasteiger partial charge in [0, 0.05) is 35.0 Å². The smallest absolute Gasteiger partial charge is 0.407 e. The molecule has 31 heavy (non-hydrogen) atoms. The van der Waals surface area contributed by atoms with Crippen molar-refractivity contribution in [1.82, 2.24) is 20.2 Å². The highest BCUT2D eigenvalue weighted by Gasteiger charge is 2.41.